The molecular formula is C27H40F3N7. The molecule has 2 aliphatic rings. The van der Waals surface area contributed by atoms with E-state index >= 15 is 0 Å². The Morgan fingerprint density at radius 2 is 1.59 bits per heavy atom. The number of piperidine rings is 1. The molecule has 2 N–H and O–H groups in total. The van der Waals surface area contributed by atoms with E-state index in [9.17, 15) is 13.2 Å². The molecule has 7 nitrogen and oxygen atoms in total. The standard InChI is InChI=1S/C27H40F3N7/c1-18-17-31-24(34-23(18)32-20-15-25(2,3)36(7)26(4,5)16-20)33-19-8-9-22(21(14-19)27(28,29)30)37-12-10-35(6)11-13-37/h8-9,14,17,20H,10-13,15-16H2,1-7H3,(H2,31,32,33,34). The number of anilines is 4. The maximum Gasteiger partial charge on any atom is 0.418 e. The number of hydrogen-bond acceptors (Lipinski definition) is 7. The summed E-state index contributed by atoms with van der Waals surface area (Å²) in [5.74, 6) is 0.962. The van der Waals surface area contributed by atoms with Crippen LogP contribution >= 0.6 is 0 Å². The second kappa shape index (κ2) is 9.94. The average molecular weight is 520 g/mol. The summed E-state index contributed by atoms with van der Waals surface area (Å²) in [4.78, 5) is 15.3. The van der Waals surface area contributed by atoms with Crippen LogP contribution < -0.4 is 15.5 Å². The molecular weight excluding hydrogens is 479 g/mol. The molecule has 2 fully saturated rings. The summed E-state index contributed by atoms with van der Waals surface area (Å²) in [6.07, 6.45) is -0.874. The number of benzene rings is 1. The Morgan fingerprint density at radius 1 is 0.973 bits per heavy atom. The van der Waals surface area contributed by atoms with Crippen molar-refractivity contribution in [2.45, 2.75) is 70.8 Å². The number of hydrogen-bond donors (Lipinski definition) is 2. The largest absolute Gasteiger partial charge is 0.418 e. The third-order valence-corrected chi connectivity index (χ3v) is 8.02. The van der Waals surface area contributed by atoms with Crippen molar-refractivity contribution >= 4 is 23.1 Å². The molecule has 0 bridgehead atoms. The van der Waals surface area contributed by atoms with Gasteiger partial charge in [0.05, 0.1) is 5.56 Å². The van der Waals surface area contributed by atoms with Crippen LogP contribution in [0.5, 0.6) is 0 Å². The minimum atomic E-state index is -4.47. The molecule has 0 radical (unpaired) electrons. The first-order chi connectivity index (χ1) is 17.2. The number of halogens is 3. The van der Waals surface area contributed by atoms with Gasteiger partial charge in [0.2, 0.25) is 5.95 Å². The van der Waals surface area contributed by atoms with E-state index in [1.807, 2.05) is 18.9 Å². The van der Waals surface area contributed by atoms with E-state index < -0.39 is 11.7 Å². The van der Waals surface area contributed by atoms with Crippen molar-refractivity contribution in [2.24, 2.45) is 0 Å². The second-order valence-electron chi connectivity index (χ2n) is 11.8. The maximum atomic E-state index is 14.0. The van der Waals surface area contributed by atoms with Gasteiger partial charge in [0, 0.05) is 66.4 Å². The fourth-order valence-corrected chi connectivity index (χ4v) is 5.61. The molecule has 1 aromatic carbocycles. The molecule has 1 aromatic heterocycles. The molecule has 0 amide bonds. The summed E-state index contributed by atoms with van der Waals surface area (Å²) < 4.78 is 42.1. The zero-order chi connectivity index (χ0) is 27.2. The number of piperazine rings is 1. The van der Waals surface area contributed by atoms with Crippen molar-refractivity contribution in [1.29, 1.82) is 0 Å². The number of alkyl halides is 3. The zero-order valence-corrected chi connectivity index (χ0v) is 23.0. The minimum absolute atomic E-state index is 0.0148. The predicted molar refractivity (Wildman–Crippen MR) is 144 cm³/mol. The van der Waals surface area contributed by atoms with Gasteiger partial charge in [-0.3, -0.25) is 4.90 Å². The van der Waals surface area contributed by atoms with Gasteiger partial charge in [-0.05, 0) is 79.8 Å². The Balaban J connectivity index is 1.55. The highest BCUT2D eigenvalue weighted by atomic mass is 19.4. The molecule has 204 valence electrons. The number of aryl methyl sites for hydroxylation is 1. The predicted octanol–water partition coefficient (Wildman–Crippen LogP) is 5.36. The first kappa shape index (κ1) is 27.4. The van der Waals surface area contributed by atoms with Gasteiger partial charge in [0.15, 0.2) is 0 Å². The Hall–Kier alpha value is -2.59. The second-order valence-corrected chi connectivity index (χ2v) is 11.8. The van der Waals surface area contributed by atoms with Crippen LogP contribution in [0.2, 0.25) is 0 Å². The van der Waals surface area contributed by atoms with Crippen LogP contribution in [0.1, 0.15) is 51.7 Å². The molecule has 0 spiro atoms. The molecule has 0 aliphatic carbocycles. The lowest BCUT2D eigenvalue weighted by Crippen LogP contribution is -2.61. The lowest BCUT2D eigenvalue weighted by atomic mass is 9.77. The van der Waals surface area contributed by atoms with Crippen molar-refractivity contribution in [3.05, 3.63) is 35.5 Å². The van der Waals surface area contributed by atoms with Crippen LogP contribution in [-0.4, -0.2) is 77.2 Å². The van der Waals surface area contributed by atoms with Crippen LogP contribution in [0.4, 0.5) is 36.3 Å². The van der Waals surface area contributed by atoms with Crippen molar-refractivity contribution < 1.29 is 13.2 Å². The molecule has 2 aromatic rings. The molecule has 0 saturated carbocycles. The van der Waals surface area contributed by atoms with Crippen molar-refractivity contribution in [1.82, 2.24) is 19.8 Å². The zero-order valence-electron chi connectivity index (χ0n) is 23.0. The lowest BCUT2D eigenvalue weighted by Gasteiger charge is -2.53. The van der Waals surface area contributed by atoms with Gasteiger partial charge in [0.1, 0.15) is 5.82 Å². The van der Waals surface area contributed by atoms with Crippen LogP contribution in [-0.2, 0) is 6.18 Å². The third-order valence-electron chi connectivity index (χ3n) is 8.02. The maximum absolute atomic E-state index is 14.0. The van der Waals surface area contributed by atoms with Crippen molar-refractivity contribution in [2.75, 3.05) is 55.8 Å². The summed E-state index contributed by atoms with van der Waals surface area (Å²) in [6, 6.07) is 4.59. The van der Waals surface area contributed by atoms with E-state index in [-0.39, 0.29) is 28.8 Å². The highest BCUT2D eigenvalue weighted by molar-refractivity contribution is 5.65. The third kappa shape index (κ3) is 6.12. The smallest absolute Gasteiger partial charge is 0.368 e. The van der Waals surface area contributed by atoms with Gasteiger partial charge in [-0.15, -0.1) is 0 Å². The first-order valence-corrected chi connectivity index (χ1v) is 12.9. The van der Waals surface area contributed by atoms with E-state index in [2.05, 4.69) is 65.1 Å². The van der Waals surface area contributed by atoms with Crippen molar-refractivity contribution in [3.63, 3.8) is 0 Å². The van der Waals surface area contributed by atoms with Gasteiger partial charge in [-0.25, -0.2) is 4.98 Å². The van der Waals surface area contributed by atoms with E-state index in [0.717, 1.165) is 37.6 Å². The van der Waals surface area contributed by atoms with Gasteiger partial charge in [-0.2, -0.15) is 18.2 Å². The summed E-state index contributed by atoms with van der Waals surface area (Å²) >= 11 is 0. The normalized spacial score (nSPS) is 21.2. The number of nitrogens with zero attached hydrogens (tertiary/aromatic N) is 5. The molecule has 4 rings (SSSR count). The Labute approximate surface area is 218 Å². The molecule has 0 unspecified atom stereocenters. The number of likely N-dealkylation sites (N-methyl/N-ethyl adjacent to an activating group) is 1. The Kier molecular flexibility index (Phi) is 7.38. The first-order valence-electron chi connectivity index (χ1n) is 12.9. The fraction of sp³-hybridized carbons (Fsp3) is 0.630. The van der Waals surface area contributed by atoms with Crippen molar-refractivity contribution in [3.8, 4) is 0 Å². The molecule has 10 heteroatoms. The van der Waals surface area contributed by atoms with Gasteiger partial charge in [-0.1, -0.05) is 0 Å². The number of aromatic nitrogens is 2. The van der Waals surface area contributed by atoms with Crippen LogP contribution in [0.25, 0.3) is 0 Å². The van der Waals surface area contributed by atoms with Gasteiger partial charge < -0.3 is 20.4 Å². The van der Waals surface area contributed by atoms with E-state index in [1.165, 1.54) is 0 Å². The topological polar surface area (TPSA) is 59.6 Å². The minimum Gasteiger partial charge on any atom is -0.368 e. The number of likely N-dealkylation sites (tertiary alicyclic amines) is 1. The molecule has 2 aliphatic heterocycles. The highest BCUT2D eigenvalue weighted by Gasteiger charge is 2.43. The van der Waals surface area contributed by atoms with Crippen LogP contribution in [0.3, 0.4) is 0 Å². The highest BCUT2D eigenvalue weighted by Crippen LogP contribution is 2.40. The van der Waals surface area contributed by atoms with Crippen LogP contribution in [0.15, 0.2) is 24.4 Å². The monoisotopic (exact) mass is 519 g/mol. The number of rotatable bonds is 5. The van der Waals surface area contributed by atoms with E-state index in [1.54, 1.807) is 18.3 Å². The Bertz CT molecular complexity index is 1090. The molecule has 2 saturated heterocycles. The average Bonchev–Trinajstić information content (AvgIpc) is 2.79. The van der Waals surface area contributed by atoms with Gasteiger partial charge >= 0.3 is 6.18 Å². The quantitative estimate of drug-likeness (QED) is 0.551. The SMILES string of the molecule is Cc1cnc(Nc2ccc(N3CCN(C)CC3)c(C(F)(F)F)c2)nc1NC1CC(C)(C)N(C)C(C)(C)C1. The van der Waals surface area contributed by atoms with Crippen LogP contribution in [0, 0.1) is 6.92 Å². The van der Waals surface area contributed by atoms with E-state index in [4.69, 9.17) is 0 Å². The molecule has 37 heavy (non-hydrogen) atoms. The molecule has 0 atom stereocenters. The summed E-state index contributed by atoms with van der Waals surface area (Å²) in [6.45, 7) is 13.5. The Morgan fingerprint density at radius 3 is 2.19 bits per heavy atom. The van der Waals surface area contributed by atoms with Gasteiger partial charge in [0.25, 0.3) is 0 Å². The summed E-state index contributed by atoms with van der Waals surface area (Å²) in [5, 5.41) is 6.59. The number of nitrogens with one attached hydrogen (secondary N) is 2. The fourth-order valence-electron chi connectivity index (χ4n) is 5.61. The lowest BCUT2D eigenvalue weighted by molar-refractivity contribution is -0.137. The summed E-state index contributed by atoms with van der Waals surface area (Å²) in [5.41, 5.74) is 0.791. The molecule has 3 heterocycles. The summed E-state index contributed by atoms with van der Waals surface area (Å²) in [7, 11) is 4.15. The van der Waals surface area contributed by atoms with E-state index in [0.29, 0.717) is 24.6 Å².